The Morgan fingerprint density at radius 2 is 2.33 bits per heavy atom. The summed E-state index contributed by atoms with van der Waals surface area (Å²) in [5.41, 5.74) is 2.34. The highest BCUT2D eigenvalue weighted by atomic mass is 79.9. The van der Waals surface area contributed by atoms with E-state index in [0.29, 0.717) is 11.7 Å². The van der Waals surface area contributed by atoms with Crippen LogP contribution in [0, 0.1) is 5.92 Å². The summed E-state index contributed by atoms with van der Waals surface area (Å²) < 4.78 is 0.898. The zero-order valence-electron chi connectivity index (χ0n) is 10.8. The van der Waals surface area contributed by atoms with Crippen molar-refractivity contribution in [2.24, 2.45) is 5.92 Å². The minimum atomic E-state index is -0.375. The minimum Gasteiger partial charge on any atom is -0.312 e. The van der Waals surface area contributed by atoms with Gasteiger partial charge >= 0.3 is 0 Å². The molecule has 1 N–H and O–H groups in total. The fraction of sp³-hybridized carbons (Fsp3) is 0.231. The van der Waals surface area contributed by atoms with Crippen molar-refractivity contribution in [1.29, 1.82) is 0 Å². The summed E-state index contributed by atoms with van der Waals surface area (Å²) in [6, 6.07) is 7.47. The largest absolute Gasteiger partial charge is 0.312 e. The SMILES string of the molecule is O=C(Nc1nncs1)[C@H]1CC(=O)N(c2cccc(Br)c2)C1. The molecule has 0 unspecified atom stereocenters. The van der Waals surface area contributed by atoms with Crippen molar-refractivity contribution in [3.63, 3.8) is 0 Å². The van der Waals surface area contributed by atoms with Gasteiger partial charge in [0.2, 0.25) is 16.9 Å². The number of nitrogens with zero attached hydrogens (tertiary/aromatic N) is 3. The van der Waals surface area contributed by atoms with Crippen LogP contribution < -0.4 is 10.2 Å². The lowest BCUT2D eigenvalue weighted by Crippen LogP contribution is -2.28. The van der Waals surface area contributed by atoms with E-state index in [1.807, 2.05) is 24.3 Å². The lowest BCUT2D eigenvalue weighted by atomic mass is 10.1. The van der Waals surface area contributed by atoms with Crippen molar-refractivity contribution < 1.29 is 9.59 Å². The molecule has 108 valence electrons. The number of nitrogens with one attached hydrogen (secondary N) is 1. The van der Waals surface area contributed by atoms with Gasteiger partial charge < -0.3 is 10.2 Å². The van der Waals surface area contributed by atoms with Gasteiger partial charge in [-0.15, -0.1) is 10.2 Å². The first-order valence-electron chi connectivity index (χ1n) is 6.26. The Balaban J connectivity index is 1.71. The number of hydrogen-bond acceptors (Lipinski definition) is 5. The molecule has 1 aromatic heterocycles. The maximum Gasteiger partial charge on any atom is 0.231 e. The standard InChI is InChI=1S/C13H11BrN4O2S/c14-9-2-1-3-10(5-9)18-6-8(4-11(18)19)12(20)16-13-17-15-7-21-13/h1-3,5,7-8H,4,6H2,(H,16,17,20)/t8-/m0/s1. The van der Waals surface area contributed by atoms with Crippen LogP contribution in [0.5, 0.6) is 0 Å². The van der Waals surface area contributed by atoms with E-state index in [2.05, 4.69) is 31.4 Å². The minimum absolute atomic E-state index is 0.0505. The molecule has 0 bridgehead atoms. The molecule has 0 spiro atoms. The first kappa shape index (κ1) is 14.2. The van der Waals surface area contributed by atoms with Gasteiger partial charge in [0.15, 0.2) is 0 Å². The number of benzene rings is 1. The van der Waals surface area contributed by atoms with Crippen molar-refractivity contribution in [2.75, 3.05) is 16.8 Å². The number of amides is 2. The highest BCUT2D eigenvalue weighted by Gasteiger charge is 2.35. The topological polar surface area (TPSA) is 75.2 Å². The monoisotopic (exact) mass is 366 g/mol. The Labute approximate surface area is 133 Å². The van der Waals surface area contributed by atoms with E-state index in [9.17, 15) is 9.59 Å². The van der Waals surface area contributed by atoms with E-state index in [0.717, 1.165) is 10.2 Å². The van der Waals surface area contributed by atoms with Gasteiger partial charge in [0, 0.05) is 23.1 Å². The second kappa shape index (κ2) is 5.90. The van der Waals surface area contributed by atoms with E-state index in [1.165, 1.54) is 11.3 Å². The molecule has 1 atom stereocenters. The third kappa shape index (κ3) is 3.11. The van der Waals surface area contributed by atoms with Gasteiger partial charge in [-0.1, -0.05) is 33.3 Å². The van der Waals surface area contributed by atoms with Gasteiger partial charge in [-0.25, -0.2) is 0 Å². The van der Waals surface area contributed by atoms with Crippen molar-refractivity contribution >= 4 is 49.9 Å². The fourth-order valence-corrected chi connectivity index (χ4v) is 3.05. The summed E-state index contributed by atoms with van der Waals surface area (Å²) in [7, 11) is 0. The van der Waals surface area contributed by atoms with Gasteiger partial charge in [-0.05, 0) is 18.2 Å². The summed E-state index contributed by atoms with van der Waals surface area (Å²) in [6.45, 7) is 0.375. The normalized spacial score (nSPS) is 18.0. The van der Waals surface area contributed by atoms with Gasteiger partial charge in [0.05, 0.1) is 5.92 Å². The van der Waals surface area contributed by atoms with Gasteiger partial charge in [-0.2, -0.15) is 0 Å². The second-order valence-electron chi connectivity index (χ2n) is 4.62. The average molecular weight is 367 g/mol. The van der Waals surface area contributed by atoms with Gasteiger partial charge in [0.25, 0.3) is 0 Å². The number of halogens is 1. The molecule has 1 aliphatic heterocycles. The molecule has 6 nitrogen and oxygen atoms in total. The molecular formula is C13H11BrN4O2S. The summed E-state index contributed by atoms with van der Waals surface area (Å²) in [4.78, 5) is 25.9. The maximum absolute atomic E-state index is 12.1. The van der Waals surface area contributed by atoms with Crippen molar-refractivity contribution in [3.8, 4) is 0 Å². The van der Waals surface area contributed by atoms with Crippen LogP contribution in [0.15, 0.2) is 34.2 Å². The molecule has 1 fully saturated rings. The lowest BCUT2D eigenvalue weighted by Gasteiger charge is -2.16. The number of aromatic nitrogens is 2. The quantitative estimate of drug-likeness (QED) is 0.903. The third-order valence-corrected chi connectivity index (χ3v) is 4.31. The Kier molecular flexibility index (Phi) is 3.98. The zero-order valence-corrected chi connectivity index (χ0v) is 13.2. The second-order valence-corrected chi connectivity index (χ2v) is 6.37. The van der Waals surface area contributed by atoms with Gasteiger partial charge in [0.1, 0.15) is 5.51 Å². The molecule has 2 aromatic rings. The summed E-state index contributed by atoms with van der Waals surface area (Å²) in [6.07, 6.45) is 0.206. The summed E-state index contributed by atoms with van der Waals surface area (Å²) in [5.74, 6) is -0.622. The summed E-state index contributed by atoms with van der Waals surface area (Å²) in [5, 5.41) is 10.6. The van der Waals surface area contributed by atoms with E-state index < -0.39 is 0 Å². The molecule has 1 aromatic carbocycles. The highest BCUT2D eigenvalue weighted by Crippen LogP contribution is 2.28. The fourth-order valence-electron chi connectivity index (χ4n) is 2.21. The predicted molar refractivity (Wildman–Crippen MR) is 83.1 cm³/mol. The first-order valence-corrected chi connectivity index (χ1v) is 7.94. The molecule has 0 aliphatic carbocycles. The number of anilines is 2. The van der Waals surface area contributed by atoms with Crippen LogP contribution in [-0.4, -0.2) is 28.6 Å². The van der Waals surface area contributed by atoms with Crippen molar-refractivity contribution in [2.45, 2.75) is 6.42 Å². The molecule has 2 amide bonds. The number of carbonyl (C=O) groups is 2. The number of rotatable bonds is 3. The van der Waals surface area contributed by atoms with E-state index in [1.54, 1.807) is 10.4 Å². The first-order chi connectivity index (χ1) is 10.1. The van der Waals surface area contributed by atoms with Crippen LogP contribution >= 0.6 is 27.3 Å². The Morgan fingerprint density at radius 1 is 1.48 bits per heavy atom. The maximum atomic E-state index is 12.1. The Bertz CT molecular complexity index is 677. The Hall–Kier alpha value is -1.80. The van der Waals surface area contributed by atoms with Crippen LogP contribution in [0.4, 0.5) is 10.8 Å². The van der Waals surface area contributed by atoms with Crippen LogP contribution in [-0.2, 0) is 9.59 Å². The van der Waals surface area contributed by atoms with E-state index in [-0.39, 0.29) is 24.2 Å². The van der Waals surface area contributed by atoms with Crippen LogP contribution in [0.2, 0.25) is 0 Å². The van der Waals surface area contributed by atoms with Crippen molar-refractivity contribution in [3.05, 3.63) is 34.2 Å². The Morgan fingerprint density at radius 3 is 3.05 bits per heavy atom. The van der Waals surface area contributed by atoms with Crippen molar-refractivity contribution in [1.82, 2.24) is 10.2 Å². The number of hydrogen-bond donors (Lipinski definition) is 1. The molecule has 0 saturated carbocycles. The average Bonchev–Trinajstić information content (AvgIpc) is 3.08. The molecule has 1 saturated heterocycles. The molecular weight excluding hydrogens is 356 g/mol. The molecule has 2 heterocycles. The summed E-state index contributed by atoms with van der Waals surface area (Å²) >= 11 is 4.63. The van der Waals surface area contributed by atoms with Crippen LogP contribution in [0.25, 0.3) is 0 Å². The zero-order chi connectivity index (χ0) is 14.8. The van der Waals surface area contributed by atoms with Crippen LogP contribution in [0.3, 0.4) is 0 Å². The molecule has 8 heteroatoms. The van der Waals surface area contributed by atoms with E-state index in [4.69, 9.17) is 0 Å². The molecule has 21 heavy (non-hydrogen) atoms. The smallest absolute Gasteiger partial charge is 0.231 e. The van der Waals surface area contributed by atoms with Gasteiger partial charge in [-0.3, -0.25) is 9.59 Å². The third-order valence-electron chi connectivity index (χ3n) is 3.21. The van der Waals surface area contributed by atoms with E-state index >= 15 is 0 Å². The lowest BCUT2D eigenvalue weighted by molar-refractivity contribution is -0.122. The number of carbonyl (C=O) groups excluding carboxylic acids is 2. The highest BCUT2D eigenvalue weighted by molar-refractivity contribution is 9.10. The molecule has 0 radical (unpaired) electrons. The predicted octanol–water partition coefficient (Wildman–Crippen LogP) is 2.29. The molecule has 3 rings (SSSR count). The van der Waals surface area contributed by atoms with Crippen LogP contribution in [0.1, 0.15) is 6.42 Å². The molecule has 1 aliphatic rings.